The highest BCUT2D eigenvalue weighted by Crippen LogP contribution is 2.21. The van der Waals surface area contributed by atoms with Crippen LogP contribution in [0, 0.1) is 20.8 Å². The fourth-order valence-corrected chi connectivity index (χ4v) is 2.89. The van der Waals surface area contributed by atoms with Gasteiger partial charge in [0.05, 0.1) is 19.8 Å². The third kappa shape index (κ3) is 4.02. The first kappa shape index (κ1) is 18.6. The standard InChI is InChI=1S/C19H24N2O4/c1-11-6-7-15(24-4)14(10-11)8-9-20-18(22)17-12(2)16(13(3)21-17)19(23)25-5/h6-7,10,21H,8-9H2,1-5H3,(H,20,22). The van der Waals surface area contributed by atoms with Crippen LogP contribution >= 0.6 is 0 Å². The van der Waals surface area contributed by atoms with Gasteiger partial charge < -0.3 is 19.8 Å². The minimum atomic E-state index is -0.449. The maximum Gasteiger partial charge on any atom is 0.339 e. The molecule has 134 valence electrons. The van der Waals surface area contributed by atoms with Crippen molar-refractivity contribution in [2.75, 3.05) is 20.8 Å². The topological polar surface area (TPSA) is 80.4 Å². The molecule has 0 bridgehead atoms. The molecule has 6 nitrogen and oxygen atoms in total. The van der Waals surface area contributed by atoms with E-state index < -0.39 is 5.97 Å². The first-order chi connectivity index (χ1) is 11.9. The van der Waals surface area contributed by atoms with E-state index in [0.717, 1.165) is 16.9 Å². The Bertz CT molecular complexity index is 793. The van der Waals surface area contributed by atoms with Crippen molar-refractivity contribution in [3.05, 3.63) is 51.8 Å². The number of carbonyl (C=O) groups is 2. The van der Waals surface area contributed by atoms with Gasteiger partial charge in [0.2, 0.25) is 0 Å². The van der Waals surface area contributed by atoms with E-state index in [2.05, 4.69) is 10.3 Å². The lowest BCUT2D eigenvalue weighted by Crippen LogP contribution is -2.26. The van der Waals surface area contributed by atoms with Crippen molar-refractivity contribution >= 4 is 11.9 Å². The molecule has 0 saturated heterocycles. The number of methoxy groups -OCH3 is 2. The van der Waals surface area contributed by atoms with Crippen LogP contribution in [0.4, 0.5) is 0 Å². The van der Waals surface area contributed by atoms with Crippen LogP contribution in [0.3, 0.4) is 0 Å². The summed E-state index contributed by atoms with van der Waals surface area (Å²) in [5, 5.41) is 2.88. The Hall–Kier alpha value is -2.76. The van der Waals surface area contributed by atoms with Crippen molar-refractivity contribution in [1.82, 2.24) is 10.3 Å². The lowest BCUT2D eigenvalue weighted by molar-refractivity contribution is 0.0599. The summed E-state index contributed by atoms with van der Waals surface area (Å²) in [4.78, 5) is 27.2. The molecule has 0 fully saturated rings. The van der Waals surface area contributed by atoms with Crippen LogP contribution in [-0.2, 0) is 11.2 Å². The summed E-state index contributed by atoms with van der Waals surface area (Å²) < 4.78 is 10.1. The molecule has 0 aliphatic rings. The third-order valence-corrected chi connectivity index (χ3v) is 4.17. The second kappa shape index (κ2) is 7.88. The van der Waals surface area contributed by atoms with Gasteiger partial charge in [0.15, 0.2) is 0 Å². The van der Waals surface area contributed by atoms with E-state index in [-0.39, 0.29) is 5.91 Å². The van der Waals surface area contributed by atoms with Gasteiger partial charge in [-0.05, 0) is 44.4 Å². The number of benzene rings is 1. The van der Waals surface area contributed by atoms with E-state index in [1.165, 1.54) is 7.11 Å². The van der Waals surface area contributed by atoms with Gasteiger partial charge in [-0.25, -0.2) is 4.79 Å². The van der Waals surface area contributed by atoms with E-state index >= 15 is 0 Å². The number of esters is 1. The zero-order chi connectivity index (χ0) is 18.6. The Balaban J connectivity index is 2.07. The Morgan fingerprint density at radius 2 is 1.88 bits per heavy atom. The van der Waals surface area contributed by atoms with Crippen molar-refractivity contribution in [3.63, 3.8) is 0 Å². The molecular weight excluding hydrogens is 320 g/mol. The molecule has 1 aromatic carbocycles. The summed E-state index contributed by atoms with van der Waals surface area (Å²) in [7, 11) is 2.95. The predicted octanol–water partition coefficient (Wildman–Crippen LogP) is 2.71. The van der Waals surface area contributed by atoms with E-state index in [1.54, 1.807) is 21.0 Å². The van der Waals surface area contributed by atoms with Crippen molar-refractivity contribution in [3.8, 4) is 5.75 Å². The van der Waals surface area contributed by atoms with Crippen molar-refractivity contribution in [1.29, 1.82) is 0 Å². The molecule has 0 atom stereocenters. The zero-order valence-electron chi connectivity index (χ0n) is 15.3. The average molecular weight is 344 g/mol. The average Bonchev–Trinajstić information content (AvgIpc) is 2.89. The summed E-state index contributed by atoms with van der Waals surface area (Å²) in [6, 6.07) is 5.96. The molecule has 1 aromatic heterocycles. The van der Waals surface area contributed by atoms with Gasteiger partial charge in [0.1, 0.15) is 11.4 Å². The number of nitrogens with one attached hydrogen (secondary N) is 2. The van der Waals surface area contributed by atoms with Gasteiger partial charge in [-0.3, -0.25) is 4.79 Å². The molecular formula is C19H24N2O4. The van der Waals surface area contributed by atoms with Gasteiger partial charge in [-0.1, -0.05) is 17.7 Å². The van der Waals surface area contributed by atoms with Gasteiger partial charge in [0, 0.05) is 12.2 Å². The first-order valence-corrected chi connectivity index (χ1v) is 8.08. The summed E-state index contributed by atoms with van der Waals surface area (Å²) in [5.41, 5.74) is 4.19. The van der Waals surface area contributed by atoms with Crippen molar-refractivity contribution < 1.29 is 19.1 Å². The monoisotopic (exact) mass is 344 g/mol. The molecule has 6 heteroatoms. The Kier molecular flexibility index (Phi) is 5.85. The quantitative estimate of drug-likeness (QED) is 0.790. The Labute approximate surface area is 147 Å². The number of aromatic nitrogens is 1. The number of aromatic amines is 1. The van der Waals surface area contributed by atoms with Crippen molar-refractivity contribution in [2.24, 2.45) is 0 Å². The molecule has 0 aliphatic heterocycles. The van der Waals surface area contributed by atoms with Crippen LogP contribution in [0.1, 0.15) is 43.2 Å². The molecule has 2 N–H and O–H groups in total. The highest BCUT2D eigenvalue weighted by Gasteiger charge is 2.22. The fourth-order valence-electron chi connectivity index (χ4n) is 2.89. The molecule has 0 spiro atoms. The molecule has 0 unspecified atom stereocenters. The molecule has 0 radical (unpaired) electrons. The van der Waals surface area contributed by atoms with E-state index in [4.69, 9.17) is 9.47 Å². The maximum absolute atomic E-state index is 12.4. The van der Waals surface area contributed by atoms with Crippen LogP contribution < -0.4 is 10.1 Å². The zero-order valence-corrected chi connectivity index (χ0v) is 15.3. The molecule has 0 saturated carbocycles. The number of rotatable bonds is 6. The van der Waals surface area contributed by atoms with Gasteiger partial charge >= 0.3 is 5.97 Å². The molecule has 1 amide bonds. The number of ether oxygens (including phenoxy) is 2. The lowest BCUT2D eigenvalue weighted by Gasteiger charge is -2.10. The summed E-state index contributed by atoms with van der Waals surface area (Å²) in [5.74, 6) is 0.108. The maximum atomic E-state index is 12.4. The third-order valence-electron chi connectivity index (χ3n) is 4.17. The minimum Gasteiger partial charge on any atom is -0.496 e. The number of hydrogen-bond acceptors (Lipinski definition) is 4. The number of amides is 1. The summed E-state index contributed by atoms with van der Waals surface area (Å²) >= 11 is 0. The van der Waals surface area contributed by atoms with Crippen molar-refractivity contribution in [2.45, 2.75) is 27.2 Å². The number of hydrogen-bond donors (Lipinski definition) is 2. The van der Waals surface area contributed by atoms with E-state index in [9.17, 15) is 9.59 Å². The Morgan fingerprint density at radius 3 is 2.52 bits per heavy atom. The first-order valence-electron chi connectivity index (χ1n) is 8.08. The second-order valence-corrected chi connectivity index (χ2v) is 5.94. The number of aryl methyl sites for hydroxylation is 2. The van der Waals surface area contributed by atoms with Gasteiger partial charge in [0.25, 0.3) is 5.91 Å². The van der Waals surface area contributed by atoms with Crippen LogP contribution in [-0.4, -0.2) is 37.6 Å². The van der Waals surface area contributed by atoms with Crippen LogP contribution in [0.5, 0.6) is 5.75 Å². The second-order valence-electron chi connectivity index (χ2n) is 5.94. The highest BCUT2D eigenvalue weighted by atomic mass is 16.5. The van der Waals surface area contributed by atoms with Crippen LogP contribution in [0.25, 0.3) is 0 Å². The van der Waals surface area contributed by atoms with Gasteiger partial charge in [-0.2, -0.15) is 0 Å². The SMILES string of the molecule is COC(=O)c1c(C)[nH]c(C(=O)NCCc2cc(C)ccc2OC)c1C. The van der Waals surface area contributed by atoms with Crippen LogP contribution in [0.2, 0.25) is 0 Å². The fraction of sp³-hybridized carbons (Fsp3) is 0.368. The number of H-pyrrole nitrogens is 1. The summed E-state index contributed by atoms with van der Waals surface area (Å²) in [6.07, 6.45) is 0.652. The van der Waals surface area contributed by atoms with Gasteiger partial charge in [-0.15, -0.1) is 0 Å². The number of carbonyl (C=O) groups excluding carboxylic acids is 2. The minimum absolute atomic E-state index is 0.248. The molecule has 25 heavy (non-hydrogen) atoms. The molecule has 0 aliphatic carbocycles. The smallest absolute Gasteiger partial charge is 0.339 e. The predicted molar refractivity (Wildman–Crippen MR) is 95.4 cm³/mol. The summed E-state index contributed by atoms with van der Waals surface area (Å²) in [6.45, 7) is 5.95. The largest absolute Gasteiger partial charge is 0.496 e. The van der Waals surface area contributed by atoms with E-state index in [1.807, 2.05) is 25.1 Å². The lowest BCUT2D eigenvalue weighted by atomic mass is 10.1. The normalized spacial score (nSPS) is 10.4. The van der Waals surface area contributed by atoms with E-state index in [0.29, 0.717) is 35.5 Å². The van der Waals surface area contributed by atoms with Crippen LogP contribution in [0.15, 0.2) is 18.2 Å². The Morgan fingerprint density at radius 1 is 1.16 bits per heavy atom. The molecule has 2 rings (SSSR count). The molecule has 2 aromatic rings. The molecule has 1 heterocycles. The highest BCUT2D eigenvalue weighted by molar-refractivity contribution is 6.00.